The second-order valence-electron chi connectivity index (χ2n) is 16.4. The van der Waals surface area contributed by atoms with E-state index in [1.165, 1.54) is 25.3 Å². The summed E-state index contributed by atoms with van der Waals surface area (Å²) in [4.78, 5) is 129. The summed E-state index contributed by atoms with van der Waals surface area (Å²) in [6.07, 6.45) is -14.5. The number of hydrogen-bond donors (Lipinski definition) is 21. The summed E-state index contributed by atoms with van der Waals surface area (Å²) in [5, 5.41) is 116. The number of nitrogens with two attached hydrogens (primary N) is 2. The molecule has 74 heavy (non-hydrogen) atoms. The molecule has 0 unspecified atom stereocenters. The number of carbonyl (C=O) groups is 8. The number of nitrogens with zero attached hydrogens (tertiary/aromatic N) is 3. The van der Waals surface area contributed by atoms with E-state index in [0.29, 0.717) is 11.4 Å². The van der Waals surface area contributed by atoms with Gasteiger partial charge in [0.25, 0.3) is 11.5 Å². The van der Waals surface area contributed by atoms with Gasteiger partial charge in [0.2, 0.25) is 35.5 Å². The molecule has 12 atom stereocenters. The van der Waals surface area contributed by atoms with E-state index in [1.807, 2.05) is 21.3 Å². The van der Waals surface area contributed by atoms with Gasteiger partial charge in [-0.1, -0.05) is 0 Å². The molecule has 0 spiro atoms. The van der Waals surface area contributed by atoms with E-state index in [4.69, 9.17) is 11.5 Å². The number of nitrogens with one attached hydrogen (secondary N) is 8. The molecule has 2 heterocycles. The highest BCUT2D eigenvalue weighted by Crippen LogP contribution is 2.14. The minimum Gasteiger partial charge on any atom is -0.481 e. The number of aliphatic carboxylic acids is 2. The van der Waals surface area contributed by atoms with Gasteiger partial charge in [-0.3, -0.25) is 43.3 Å². The van der Waals surface area contributed by atoms with Gasteiger partial charge in [-0.15, -0.1) is 0 Å². The van der Waals surface area contributed by atoms with Crippen LogP contribution in [0.2, 0.25) is 0 Å². The predicted molar refractivity (Wildman–Crippen MR) is 255 cm³/mol. The Labute approximate surface area is 423 Å². The maximum atomic E-state index is 13.8. The number of carbonyl (C=O) groups excluding carboxylic acids is 6. The number of amides is 6. The molecule has 0 aliphatic rings. The lowest BCUT2D eigenvalue weighted by Gasteiger charge is -2.33. The number of carboxylic acids is 2. The Morgan fingerprint density at radius 2 is 1.32 bits per heavy atom. The molecule has 2 aromatic heterocycles. The number of anilines is 2. The van der Waals surface area contributed by atoms with E-state index < -0.39 is 164 Å². The smallest absolute Gasteiger partial charge is 0.327 e. The zero-order valence-corrected chi connectivity index (χ0v) is 40.0. The lowest BCUT2D eigenvalue weighted by Crippen LogP contribution is -2.65. The van der Waals surface area contributed by atoms with Gasteiger partial charge in [0, 0.05) is 36.0 Å². The SMILES string of the molecule is C[C@@H](CCC(=O)N[C@H](C(=O)N[C@H](C(=O)NC[C@H](N)C(=O)N[C@@H](CC(=O)O)C(=O)N[C@@H](CS)C(=O)O)[C@@H](O)[C@H](O)[C@H](O)CO)[C@@H](O)[C@H](O)[C@H](O)CO)NC(=O)c1ccc(NCc2cnc3nc(N)[nH]c(=O)c3n2)cc1. The Bertz CT molecular complexity index is 2510. The van der Waals surface area contributed by atoms with Crippen molar-refractivity contribution in [3.05, 3.63) is 52.1 Å². The van der Waals surface area contributed by atoms with Crippen LogP contribution in [0.5, 0.6) is 0 Å². The van der Waals surface area contributed by atoms with E-state index in [-0.39, 0.29) is 35.6 Å². The average Bonchev–Trinajstić information content (AvgIpc) is 3.36. The van der Waals surface area contributed by atoms with Crippen LogP contribution in [0.1, 0.15) is 42.2 Å². The van der Waals surface area contributed by atoms with Crippen molar-refractivity contribution < 1.29 is 89.4 Å². The number of thiol groups is 1. The van der Waals surface area contributed by atoms with E-state index in [9.17, 15) is 94.2 Å². The maximum absolute atomic E-state index is 13.8. The maximum Gasteiger partial charge on any atom is 0.327 e. The quantitative estimate of drug-likeness (QED) is 0.0276. The molecule has 408 valence electrons. The molecule has 0 saturated heterocycles. The third-order valence-electron chi connectivity index (χ3n) is 10.7. The summed E-state index contributed by atoms with van der Waals surface area (Å²) >= 11 is 3.78. The highest BCUT2D eigenvalue weighted by molar-refractivity contribution is 7.80. The van der Waals surface area contributed by atoms with Crippen molar-refractivity contribution in [2.75, 3.05) is 36.6 Å². The normalized spacial score (nSPS) is 16.2. The second kappa shape index (κ2) is 28.9. The first-order chi connectivity index (χ1) is 34.8. The Morgan fingerprint density at radius 1 is 0.743 bits per heavy atom. The molecule has 0 aliphatic carbocycles. The second-order valence-corrected chi connectivity index (χ2v) is 16.8. The van der Waals surface area contributed by atoms with E-state index in [1.54, 1.807) is 12.1 Å². The highest BCUT2D eigenvalue weighted by atomic mass is 32.1. The summed E-state index contributed by atoms with van der Waals surface area (Å²) in [6, 6.07) is -4.85. The largest absolute Gasteiger partial charge is 0.481 e. The van der Waals surface area contributed by atoms with Crippen molar-refractivity contribution in [2.24, 2.45) is 5.73 Å². The standard InChI is InChI=1S/C41H59N13O19S/c1-15(47-34(66)16-3-5-17(6-4-16)44-9-18-10-45-33-28(48-18)39(71)54-41(43)53-33)2-7-24(59)51-27(32(65)30(63)23(58)13-56)38(70)52-26(31(64)29(62)22(57)12-55)37(69)46-11-19(42)35(67)49-20(8-25(60)61)36(68)50-21(14-74)40(72)73/h3-6,10,15,19-23,26-27,29-32,44,55-58,62-65,74H,2,7-9,11-14,42H2,1H3,(H,46,69)(H,47,66)(H,49,67)(H,50,68)(H,51,59)(H,52,70)(H,60,61)(H,72,73)(H3,43,45,53,54,71)/t15-,19-,20-,21-,22+,23+,26-,27-,29+,30+,31+,32+/m0/s1. The van der Waals surface area contributed by atoms with Gasteiger partial charge in [0.05, 0.1) is 38.1 Å². The van der Waals surface area contributed by atoms with Crippen LogP contribution in [0.15, 0.2) is 35.3 Å². The third kappa shape index (κ3) is 18.1. The molecule has 0 radical (unpaired) electrons. The van der Waals surface area contributed by atoms with Crippen LogP contribution in [0.4, 0.5) is 11.6 Å². The number of aliphatic hydroxyl groups is 8. The topological polar surface area (TPSA) is 547 Å². The Kier molecular flexibility index (Phi) is 23.8. The Morgan fingerprint density at radius 3 is 1.88 bits per heavy atom. The molecule has 33 heteroatoms. The molecule has 0 bridgehead atoms. The lowest BCUT2D eigenvalue weighted by molar-refractivity contribution is -0.145. The summed E-state index contributed by atoms with van der Waals surface area (Å²) in [5.74, 6) is -11.1. The molecule has 1 aromatic carbocycles. The highest BCUT2D eigenvalue weighted by Gasteiger charge is 2.42. The van der Waals surface area contributed by atoms with Crippen LogP contribution in [0, 0.1) is 0 Å². The zero-order chi connectivity index (χ0) is 55.6. The van der Waals surface area contributed by atoms with E-state index >= 15 is 0 Å². The number of H-pyrrole nitrogens is 1. The fourth-order valence-corrected chi connectivity index (χ4v) is 6.66. The summed E-state index contributed by atoms with van der Waals surface area (Å²) in [6.45, 7) is -1.70. The molecule has 32 nitrogen and oxygen atoms in total. The average molecular weight is 1070 g/mol. The van der Waals surface area contributed by atoms with Gasteiger partial charge in [0.1, 0.15) is 66.8 Å². The number of aromatic nitrogens is 4. The van der Waals surface area contributed by atoms with Crippen LogP contribution in [0.25, 0.3) is 11.2 Å². The van der Waals surface area contributed by atoms with Gasteiger partial charge in [0.15, 0.2) is 11.2 Å². The first kappa shape index (κ1) is 61.1. The van der Waals surface area contributed by atoms with Gasteiger partial charge < -0.3 is 99.8 Å². The van der Waals surface area contributed by atoms with Crippen molar-refractivity contribution in [3.8, 4) is 0 Å². The van der Waals surface area contributed by atoms with Gasteiger partial charge in [-0.05, 0) is 37.6 Å². The first-order valence-electron chi connectivity index (χ1n) is 22.1. The monoisotopic (exact) mass is 1070 g/mol. The molecule has 3 aromatic rings. The fourth-order valence-electron chi connectivity index (χ4n) is 6.42. The number of fused-ring (bicyclic) bond motifs is 1. The number of aliphatic hydroxyl groups excluding tert-OH is 8. The zero-order valence-electron chi connectivity index (χ0n) is 39.1. The molecule has 22 N–H and O–H groups in total. The number of aromatic amines is 1. The first-order valence-corrected chi connectivity index (χ1v) is 22.7. The van der Waals surface area contributed by atoms with Crippen molar-refractivity contribution in [1.82, 2.24) is 51.8 Å². The third-order valence-corrected chi connectivity index (χ3v) is 11.0. The summed E-state index contributed by atoms with van der Waals surface area (Å²) in [7, 11) is 0. The van der Waals surface area contributed by atoms with Gasteiger partial charge >= 0.3 is 11.9 Å². The van der Waals surface area contributed by atoms with Crippen molar-refractivity contribution in [3.63, 3.8) is 0 Å². The molecule has 3 rings (SSSR count). The predicted octanol–water partition coefficient (Wildman–Crippen LogP) is -9.17. The lowest BCUT2D eigenvalue weighted by atomic mass is 9.97. The van der Waals surface area contributed by atoms with Crippen molar-refractivity contribution in [2.45, 2.75) is 106 Å². The molecule has 0 fully saturated rings. The molecule has 6 amide bonds. The summed E-state index contributed by atoms with van der Waals surface area (Å²) in [5.41, 5.74) is 12.0. The van der Waals surface area contributed by atoms with Crippen LogP contribution in [0.3, 0.4) is 0 Å². The molecular weight excluding hydrogens is 1010 g/mol. The number of rotatable bonds is 30. The number of hydrogen-bond acceptors (Lipinski definition) is 24. The van der Waals surface area contributed by atoms with Crippen LogP contribution < -0.4 is 54.2 Å². The summed E-state index contributed by atoms with van der Waals surface area (Å²) < 4.78 is 0. The minimum atomic E-state index is -2.57. The van der Waals surface area contributed by atoms with Crippen LogP contribution >= 0.6 is 12.6 Å². The Hall–Kier alpha value is -7.21. The molecular formula is C41H59N13O19S. The van der Waals surface area contributed by atoms with Crippen LogP contribution in [-0.4, -0.2) is 217 Å². The minimum absolute atomic E-state index is 0.0174. The van der Waals surface area contributed by atoms with Gasteiger partial charge in [-0.25, -0.2) is 14.8 Å². The van der Waals surface area contributed by atoms with Gasteiger partial charge in [-0.2, -0.15) is 17.6 Å². The molecule has 0 saturated carbocycles. The fraction of sp³-hybridized carbons (Fsp3) is 0.512. The number of nitrogen functional groups attached to an aromatic ring is 1. The number of carboxylic acid groups (broad SMARTS) is 2. The van der Waals surface area contributed by atoms with E-state index in [0.717, 1.165) is 0 Å². The van der Waals surface area contributed by atoms with Crippen molar-refractivity contribution >= 4 is 82.8 Å². The Balaban J connectivity index is 1.71. The molecule has 0 aliphatic heterocycles. The van der Waals surface area contributed by atoms with Crippen molar-refractivity contribution in [1.29, 1.82) is 0 Å². The van der Waals surface area contributed by atoms with Crippen LogP contribution in [-0.2, 0) is 40.1 Å². The number of benzene rings is 1. The van der Waals surface area contributed by atoms with E-state index in [2.05, 4.69) is 48.5 Å².